The van der Waals surface area contributed by atoms with Gasteiger partial charge < -0.3 is 0 Å². The van der Waals surface area contributed by atoms with Crippen LogP contribution >= 0.6 is 38.9 Å². The van der Waals surface area contributed by atoms with E-state index < -0.39 is 5.82 Å². The van der Waals surface area contributed by atoms with E-state index in [0.717, 1.165) is 8.66 Å². The highest BCUT2D eigenvalue weighted by atomic mass is 79.9. The topological polar surface area (TPSA) is 17.1 Å². The van der Waals surface area contributed by atoms with Crippen LogP contribution in [0, 0.1) is 5.82 Å². The van der Waals surface area contributed by atoms with Crippen molar-refractivity contribution >= 4 is 44.7 Å². The molecule has 5 heteroatoms. The van der Waals surface area contributed by atoms with Gasteiger partial charge in [0, 0.05) is 22.7 Å². The molecule has 0 saturated heterocycles. The largest absolute Gasteiger partial charge is 0.299 e. The highest BCUT2D eigenvalue weighted by molar-refractivity contribution is 9.11. The van der Waals surface area contributed by atoms with E-state index >= 15 is 0 Å². The van der Waals surface area contributed by atoms with Gasteiger partial charge in [-0.25, -0.2) is 4.39 Å². The summed E-state index contributed by atoms with van der Waals surface area (Å²) in [5.74, 6) is -0.323. The Balaban J connectivity index is 2.03. The van der Waals surface area contributed by atoms with E-state index in [4.69, 9.17) is 11.6 Å². The molecule has 0 aliphatic carbocycles. The molecule has 0 fully saturated rings. The lowest BCUT2D eigenvalue weighted by atomic mass is 10.1. The molecule has 0 unspecified atom stereocenters. The fraction of sp³-hybridized carbons (Fsp3) is 0.154. The summed E-state index contributed by atoms with van der Waals surface area (Å²) in [7, 11) is 0. The molecule has 1 aromatic heterocycles. The summed E-state index contributed by atoms with van der Waals surface area (Å²) in [6.07, 6.45) is 0.610. The maximum atomic E-state index is 12.9. The third-order valence-corrected chi connectivity index (χ3v) is 4.38. The van der Waals surface area contributed by atoms with Crippen molar-refractivity contribution in [2.75, 3.05) is 0 Å². The molecule has 18 heavy (non-hydrogen) atoms. The molecule has 2 rings (SSSR count). The van der Waals surface area contributed by atoms with Crippen LogP contribution in [0.2, 0.25) is 5.02 Å². The van der Waals surface area contributed by atoms with Crippen molar-refractivity contribution in [3.05, 3.63) is 55.4 Å². The van der Waals surface area contributed by atoms with Gasteiger partial charge in [0.1, 0.15) is 11.6 Å². The Morgan fingerprint density at radius 1 is 1.28 bits per heavy atom. The number of carbonyl (C=O) groups is 1. The van der Waals surface area contributed by atoms with E-state index in [1.807, 2.05) is 12.1 Å². The minimum Gasteiger partial charge on any atom is -0.299 e. The van der Waals surface area contributed by atoms with Gasteiger partial charge in [-0.15, -0.1) is 11.3 Å². The van der Waals surface area contributed by atoms with Gasteiger partial charge in [0.05, 0.1) is 3.79 Å². The fourth-order valence-electron chi connectivity index (χ4n) is 1.58. The molecule has 1 aromatic carbocycles. The molecular weight excluding hydrogens is 339 g/mol. The Labute approximate surface area is 122 Å². The number of rotatable bonds is 4. The van der Waals surface area contributed by atoms with Gasteiger partial charge in [-0.05, 0) is 45.8 Å². The number of benzene rings is 1. The van der Waals surface area contributed by atoms with E-state index in [1.54, 1.807) is 6.07 Å². The summed E-state index contributed by atoms with van der Waals surface area (Å²) in [5.41, 5.74) is 0.665. The van der Waals surface area contributed by atoms with Gasteiger partial charge in [-0.3, -0.25) is 4.79 Å². The first-order chi connectivity index (χ1) is 8.54. The molecule has 0 aliphatic rings. The highest BCUT2D eigenvalue weighted by Gasteiger charge is 2.10. The Kier molecular flexibility index (Phi) is 4.54. The van der Waals surface area contributed by atoms with Crippen molar-refractivity contribution in [1.82, 2.24) is 0 Å². The van der Waals surface area contributed by atoms with Crippen molar-refractivity contribution in [2.24, 2.45) is 0 Å². The van der Waals surface area contributed by atoms with Crippen molar-refractivity contribution in [2.45, 2.75) is 12.8 Å². The van der Waals surface area contributed by atoms with Crippen LogP contribution in [0.25, 0.3) is 0 Å². The summed E-state index contributed by atoms with van der Waals surface area (Å²) in [5, 5.41) is 0.302. The first-order valence-electron chi connectivity index (χ1n) is 5.24. The average Bonchev–Trinajstić information content (AvgIpc) is 2.68. The number of hydrogen-bond donors (Lipinski definition) is 0. The average molecular weight is 348 g/mol. The molecule has 0 N–H and O–H groups in total. The van der Waals surface area contributed by atoms with Gasteiger partial charge >= 0.3 is 0 Å². The second kappa shape index (κ2) is 5.95. The van der Waals surface area contributed by atoms with E-state index in [0.29, 0.717) is 17.0 Å². The second-order valence-electron chi connectivity index (χ2n) is 3.83. The van der Waals surface area contributed by atoms with Crippen molar-refractivity contribution in [1.29, 1.82) is 0 Å². The summed E-state index contributed by atoms with van der Waals surface area (Å²) < 4.78 is 13.9. The molecule has 0 bridgehead atoms. The number of carbonyl (C=O) groups excluding carboxylic acids is 1. The number of ketones is 1. The molecule has 0 amide bonds. The van der Waals surface area contributed by atoms with Crippen LogP contribution in [0.5, 0.6) is 0 Å². The SMILES string of the molecule is O=C(Cc1ccc(Br)s1)Cc1ccc(F)cc1Cl. The zero-order valence-electron chi connectivity index (χ0n) is 9.25. The monoisotopic (exact) mass is 346 g/mol. The van der Waals surface area contributed by atoms with Gasteiger partial charge in [0.25, 0.3) is 0 Å². The zero-order valence-corrected chi connectivity index (χ0v) is 12.4. The number of Topliss-reactive ketones (excluding diaryl/α,β-unsaturated/α-hetero) is 1. The van der Waals surface area contributed by atoms with Crippen molar-refractivity contribution in [3.8, 4) is 0 Å². The van der Waals surface area contributed by atoms with Crippen molar-refractivity contribution < 1.29 is 9.18 Å². The van der Waals surface area contributed by atoms with Crippen LogP contribution in [-0.4, -0.2) is 5.78 Å². The maximum Gasteiger partial charge on any atom is 0.142 e. The molecule has 2 aromatic rings. The van der Waals surface area contributed by atoms with Gasteiger partial charge in [-0.2, -0.15) is 0 Å². The lowest BCUT2D eigenvalue weighted by Crippen LogP contribution is -2.06. The number of hydrogen-bond acceptors (Lipinski definition) is 2. The first-order valence-corrected chi connectivity index (χ1v) is 7.23. The smallest absolute Gasteiger partial charge is 0.142 e. The van der Waals surface area contributed by atoms with Crippen LogP contribution in [0.3, 0.4) is 0 Å². The fourth-order valence-corrected chi connectivity index (χ4v) is 3.33. The molecule has 1 heterocycles. The number of halogens is 3. The minimum absolute atomic E-state index is 0.0675. The molecular formula is C13H9BrClFOS. The first kappa shape index (κ1) is 13.7. The molecule has 0 aliphatic heterocycles. The van der Waals surface area contributed by atoms with Gasteiger partial charge in [-0.1, -0.05) is 17.7 Å². The quantitative estimate of drug-likeness (QED) is 0.786. The Morgan fingerprint density at radius 3 is 2.67 bits per heavy atom. The normalized spacial score (nSPS) is 10.6. The van der Waals surface area contributed by atoms with Gasteiger partial charge in [0.2, 0.25) is 0 Å². The second-order valence-corrected chi connectivity index (χ2v) is 6.79. The Bertz CT molecular complexity index is 582. The summed E-state index contributed by atoms with van der Waals surface area (Å²) in [6, 6.07) is 7.93. The van der Waals surface area contributed by atoms with Crippen LogP contribution < -0.4 is 0 Å². The van der Waals surface area contributed by atoms with Crippen LogP contribution in [0.4, 0.5) is 4.39 Å². The molecule has 0 atom stereocenters. The zero-order chi connectivity index (χ0) is 13.1. The van der Waals surface area contributed by atoms with E-state index in [1.165, 1.54) is 23.5 Å². The Hall–Kier alpha value is -0.710. The van der Waals surface area contributed by atoms with Crippen LogP contribution in [-0.2, 0) is 17.6 Å². The van der Waals surface area contributed by atoms with Crippen LogP contribution in [0.1, 0.15) is 10.4 Å². The standard InChI is InChI=1S/C13H9BrClFOS/c14-13-4-3-11(18-13)7-10(17)5-8-1-2-9(16)6-12(8)15/h1-4,6H,5,7H2. The maximum absolute atomic E-state index is 12.9. The minimum atomic E-state index is -0.390. The molecule has 0 saturated carbocycles. The van der Waals surface area contributed by atoms with Crippen LogP contribution in [0.15, 0.2) is 34.1 Å². The third-order valence-electron chi connectivity index (χ3n) is 2.40. The van der Waals surface area contributed by atoms with Crippen molar-refractivity contribution in [3.63, 3.8) is 0 Å². The molecule has 1 nitrogen and oxygen atoms in total. The lowest BCUT2D eigenvalue weighted by molar-refractivity contribution is -0.117. The lowest BCUT2D eigenvalue weighted by Gasteiger charge is -2.03. The Morgan fingerprint density at radius 2 is 2.06 bits per heavy atom. The predicted octanol–water partition coefficient (Wildman–Crippen LogP) is 4.66. The van der Waals surface area contributed by atoms with Gasteiger partial charge in [0.15, 0.2) is 0 Å². The molecule has 0 spiro atoms. The van der Waals surface area contributed by atoms with E-state index in [2.05, 4.69) is 15.9 Å². The van der Waals surface area contributed by atoms with E-state index in [9.17, 15) is 9.18 Å². The summed E-state index contributed by atoms with van der Waals surface area (Å²) in [4.78, 5) is 12.9. The molecule has 0 radical (unpaired) electrons. The highest BCUT2D eigenvalue weighted by Crippen LogP contribution is 2.23. The summed E-state index contributed by atoms with van der Waals surface area (Å²) >= 11 is 10.8. The molecule has 94 valence electrons. The summed E-state index contributed by atoms with van der Waals surface area (Å²) in [6.45, 7) is 0. The third kappa shape index (κ3) is 3.64. The predicted molar refractivity (Wildman–Crippen MR) is 75.8 cm³/mol. The van der Waals surface area contributed by atoms with E-state index in [-0.39, 0.29) is 12.2 Å². The number of thiophene rings is 1.